The number of nitrogens with zero attached hydrogens (tertiary/aromatic N) is 3. The molecular weight excluding hydrogens is 392 g/mol. The van der Waals surface area contributed by atoms with Gasteiger partial charge in [-0.05, 0) is 37.6 Å². The SMILES string of the molecule is COc1ccc2c(c1)S[C@H](c1ccc(F)cc1F)CCN2Cc1cnn(C)c1C. The van der Waals surface area contributed by atoms with Crippen molar-refractivity contribution in [3.63, 3.8) is 0 Å². The van der Waals surface area contributed by atoms with Crippen LogP contribution in [0, 0.1) is 18.6 Å². The molecule has 1 aliphatic rings. The number of benzene rings is 2. The fourth-order valence-electron chi connectivity index (χ4n) is 3.63. The second kappa shape index (κ2) is 8.06. The summed E-state index contributed by atoms with van der Waals surface area (Å²) in [4.78, 5) is 3.32. The number of fused-ring (bicyclic) bond motifs is 1. The summed E-state index contributed by atoms with van der Waals surface area (Å²) >= 11 is 1.60. The van der Waals surface area contributed by atoms with Crippen molar-refractivity contribution < 1.29 is 13.5 Å². The lowest BCUT2D eigenvalue weighted by atomic mass is 10.1. The van der Waals surface area contributed by atoms with E-state index < -0.39 is 11.6 Å². The first-order chi connectivity index (χ1) is 14.0. The van der Waals surface area contributed by atoms with E-state index in [1.807, 2.05) is 30.1 Å². The molecule has 4 nitrogen and oxygen atoms in total. The van der Waals surface area contributed by atoms with Crippen molar-refractivity contribution in [2.45, 2.75) is 30.0 Å². The molecule has 0 fully saturated rings. The summed E-state index contributed by atoms with van der Waals surface area (Å²) in [5.74, 6) is -0.293. The van der Waals surface area contributed by atoms with Crippen molar-refractivity contribution in [1.29, 1.82) is 0 Å². The topological polar surface area (TPSA) is 30.3 Å². The van der Waals surface area contributed by atoms with Gasteiger partial charge in [0.1, 0.15) is 17.4 Å². The van der Waals surface area contributed by atoms with Crippen molar-refractivity contribution in [1.82, 2.24) is 9.78 Å². The predicted molar refractivity (Wildman–Crippen MR) is 112 cm³/mol. The van der Waals surface area contributed by atoms with Crippen LogP contribution in [0.15, 0.2) is 47.5 Å². The maximum Gasteiger partial charge on any atom is 0.130 e. The zero-order valence-electron chi connectivity index (χ0n) is 16.7. The second-order valence-electron chi connectivity index (χ2n) is 7.20. The molecule has 4 rings (SSSR count). The van der Waals surface area contributed by atoms with E-state index in [1.165, 1.54) is 6.07 Å². The molecule has 0 bridgehead atoms. The minimum absolute atomic E-state index is 0.110. The number of ether oxygens (including phenoxy) is 1. The molecule has 1 atom stereocenters. The van der Waals surface area contributed by atoms with Gasteiger partial charge in [0.25, 0.3) is 0 Å². The highest BCUT2D eigenvalue weighted by molar-refractivity contribution is 7.99. The smallest absolute Gasteiger partial charge is 0.130 e. The number of hydrogen-bond donors (Lipinski definition) is 0. The average molecular weight is 416 g/mol. The van der Waals surface area contributed by atoms with Crippen molar-refractivity contribution >= 4 is 17.4 Å². The largest absolute Gasteiger partial charge is 0.497 e. The first-order valence-corrected chi connectivity index (χ1v) is 10.4. The summed E-state index contributed by atoms with van der Waals surface area (Å²) in [5.41, 5.74) is 3.90. The lowest BCUT2D eigenvalue weighted by molar-refractivity contribution is 0.413. The summed E-state index contributed by atoms with van der Waals surface area (Å²) in [7, 11) is 3.57. The maximum absolute atomic E-state index is 14.5. The summed E-state index contributed by atoms with van der Waals surface area (Å²) in [6.45, 7) is 3.53. The van der Waals surface area contributed by atoms with Gasteiger partial charge >= 0.3 is 0 Å². The van der Waals surface area contributed by atoms with Crippen LogP contribution in [-0.4, -0.2) is 23.4 Å². The zero-order valence-corrected chi connectivity index (χ0v) is 17.5. The summed E-state index contributed by atoms with van der Waals surface area (Å²) in [6, 6.07) is 9.83. The molecule has 0 radical (unpaired) electrons. The number of aromatic nitrogens is 2. The van der Waals surface area contributed by atoms with Crippen LogP contribution < -0.4 is 9.64 Å². The van der Waals surface area contributed by atoms with Gasteiger partial charge in [0, 0.05) is 53.2 Å². The van der Waals surface area contributed by atoms with Crippen molar-refractivity contribution in [3.05, 3.63) is 71.1 Å². The molecule has 3 aromatic rings. The molecule has 0 saturated heterocycles. The van der Waals surface area contributed by atoms with Gasteiger partial charge in [0.2, 0.25) is 0 Å². The zero-order chi connectivity index (χ0) is 20.5. The highest BCUT2D eigenvalue weighted by atomic mass is 32.2. The minimum atomic E-state index is -0.555. The van der Waals surface area contributed by atoms with E-state index >= 15 is 0 Å². The van der Waals surface area contributed by atoms with Crippen molar-refractivity contribution in [2.75, 3.05) is 18.6 Å². The number of methoxy groups -OCH3 is 1. The third-order valence-electron chi connectivity index (χ3n) is 5.45. The van der Waals surface area contributed by atoms with Crippen LogP contribution >= 0.6 is 11.8 Å². The van der Waals surface area contributed by atoms with Crippen LogP contribution in [0.3, 0.4) is 0 Å². The van der Waals surface area contributed by atoms with E-state index in [0.717, 1.165) is 53.2 Å². The Morgan fingerprint density at radius 3 is 2.72 bits per heavy atom. The molecule has 0 unspecified atom stereocenters. The van der Waals surface area contributed by atoms with Gasteiger partial charge in [0.05, 0.1) is 19.0 Å². The number of rotatable bonds is 4. The highest BCUT2D eigenvalue weighted by Gasteiger charge is 2.26. The van der Waals surface area contributed by atoms with E-state index in [2.05, 4.69) is 23.0 Å². The molecule has 0 spiro atoms. The lowest BCUT2D eigenvalue weighted by Crippen LogP contribution is -2.24. The third-order valence-corrected chi connectivity index (χ3v) is 6.80. The molecule has 1 aliphatic heterocycles. The minimum Gasteiger partial charge on any atom is -0.497 e. The van der Waals surface area contributed by atoms with Gasteiger partial charge in [-0.25, -0.2) is 8.78 Å². The molecule has 0 N–H and O–H groups in total. The van der Waals surface area contributed by atoms with Crippen LogP contribution in [-0.2, 0) is 13.6 Å². The molecule has 2 heterocycles. The maximum atomic E-state index is 14.5. The van der Waals surface area contributed by atoms with E-state index in [4.69, 9.17) is 4.74 Å². The number of aryl methyl sites for hydroxylation is 1. The Labute approximate surface area is 173 Å². The molecule has 0 saturated carbocycles. The van der Waals surface area contributed by atoms with E-state index in [-0.39, 0.29) is 5.25 Å². The van der Waals surface area contributed by atoms with Gasteiger partial charge in [-0.15, -0.1) is 11.8 Å². The molecule has 1 aromatic heterocycles. The van der Waals surface area contributed by atoms with Crippen LogP contribution in [0.5, 0.6) is 5.75 Å². The normalized spacial score (nSPS) is 16.4. The molecule has 2 aromatic carbocycles. The van der Waals surface area contributed by atoms with Crippen LogP contribution in [0.1, 0.15) is 28.5 Å². The molecule has 7 heteroatoms. The van der Waals surface area contributed by atoms with Crippen LogP contribution in [0.4, 0.5) is 14.5 Å². The lowest BCUT2D eigenvalue weighted by Gasteiger charge is -2.24. The molecular formula is C22H23F2N3OS. The molecule has 0 amide bonds. The first-order valence-electron chi connectivity index (χ1n) is 9.48. The fraction of sp³-hybridized carbons (Fsp3) is 0.318. The monoisotopic (exact) mass is 415 g/mol. The second-order valence-corrected chi connectivity index (χ2v) is 8.44. The Balaban J connectivity index is 1.70. The van der Waals surface area contributed by atoms with Gasteiger partial charge in [-0.3, -0.25) is 4.68 Å². The van der Waals surface area contributed by atoms with Crippen LogP contribution in [0.25, 0.3) is 0 Å². The highest BCUT2D eigenvalue weighted by Crippen LogP contribution is 2.47. The summed E-state index contributed by atoms with van der Waals surface area (Å²) in [6.07, 6.45) is 2.64. The summed E-state index contributed by atoms with van der Waals surface area (Å²) < 4.78 is 35.2. The van der Waals surface area contributed by atoms with Crippen molar-refractivity contribution in [2.24, 2.45) is 7.05 Å². The van der Waals surface area contributed by atoms with Gasteiger partial charge in [-0.1, -0.05) is 6.07 Å². The summed E-state index contributed by atoms with van der Waals surface area (Å²) in [5, 5.41) is 4.24. The van der Waals surface area contributed by atoms with Crippen molar-refractivity contribution in [3.8, 4) is 5.75 Å². The Morgan fingerprint density at radius 2 is 2.03 bits per heavy atom. The van der Waals surface area contributed by atoms with Gasteiger partial charge < -0.3 is 9.64 Å². The Bertz CT molecular complexity index is 1040. The number of hydrogen-bond acceptors (Lipinski definition) is 4. The van der Waals surface area contributed by atoms with Crippen LogP contribution in [0.2, 0.25) is 0 Å². The molecule has 29 heavy (non-hydrogen) atoms. The quantitative estimate of drug-likeness (QED) is 0.582. The molecule has 0 aliphatic carbocycles. The van der Waals surface area contributed by atoms with E-state index in [0.29, 0.717) is 5.56 Å². The average Bonchev–Trinajstić information content (AvgIpc) is 2.92. The van der Waals surface area contributed by atoms with E-state index in [1.54, 1.807) is 24.9 Å². The number of anilines is 1. The van der Waals surface area contributed by atoms with Gasteiger partial charge in [-0.2, -0.15) is 5.10 Å². The Morgan fingerprint density at radius 1 is 1.21 bits per heavy atom. The third kappa shape index (κ3) is 3.96. The number of halogens is 2. The van der Waals surface area contributed by atoms with Gasteiger partial charge in [0.15, 0.2) is 0 Å². The Hall–Kier alpha value is -2.54. The van der Waals surface area contributed by atoms with E-state index in [9.17, 15) is 8.78 Å². The standard InChI is InChI=1S/C22H23F2N3OS/c1-14-15(12-25-26(14)2)13-27-9-8-21(18-6-4-16(23)10-19(18)24)29-22-11-17(28-3)5-7-20(22)27/h4-7,10-12,21H,8-9,13H2,1-3H3/t21-/m0/s1. The first kappa shape index (κ1) is 19.8. The number of thioether (sulfide) groups is 1. The fourth-order valence-corrected chi connectivity index (χ4v) is 4.98. The Kier molecular flexibility index (Phi) is 5.50. The molecule has 152 valence electrons. The predicted octanol–water partition coefficient (Wildman–Crippen LogP) is 5.26.